The van der Waals surface area contributed by atoms with Gasteiger partial charge in [-0.25, -0.2) is 4.79 Å². The van der Waals surface area contributed by atoms with Gasteiger partial charge in [0.2, 0.25) is 0 Å². The van der Waals surface area contributed by atoms with Gasteiger partial charge in [-0.05, 0) is 36.8 Å². The summed E-state index contributed by atoms with van der Waals surface area (Å²) in [5, 5.41) is 3.51. The van der Waals surface area contributed by atoms with Crippen LogP contribution in [-0.4, -0.2) is 22.9 Å². The maximum Gasteiger partial charge on any atom is 0.418 e. The number of methoxy groups -OCH3 is 1. The van der Waals surface area contributed by atoms with E-state index in [-0.39, 0.29) is 21.3 Å². The Morgan fingerprint density at radius 1 is 1.35 bits per heavy atom. The minimum Gasteiger partial charge on any atom is -0.465 e. The van der Waals surface area contributed by atoms with E-state index in [2.05, 4.69) is 9.84 Å². The molecule has 1 heterocycles. The summed E-state index contributed by atoms with van der Waals surface area (Å²) in [6.45, 7) is 1.06. The van der Waals surface area contributed by atoms with Crippen LogP contribution >= 0.6 is 23.2 Å². The number of hydrogen-bond donors (Lipinski definition) is 0. The molecule has 138 valence electrons. The molecule has 2 aromatic rings. The van der Waals surface area contributed by atoms with Gasteiger partial charge in [0.05, 0.1) is 24.6 Å². The number of carbonyl (C=O) groups is 1. The molecule has 26 heavy (non-hydrogen) atoms. The Balaban J connectivity index is 2.58. The molecule has 0 N–H and O–H groups in total. The van der Waals surface area contributed by atoms with Crippen LogP contribution in [0.3, 0.4) is 0 Å². The van der Waals surface area contributed by atoms with Crippen molar-refractivity contribution in [2.24, 2.45) is 0 Å². The first kappa shape index (κ1) is 20.0. The Labute approximate surface area is 155 Å². The third-order valence-corrected chi connectivity index (χ3v) is 4.02. The second-order valence-electron chi connectivity index (χ2n) is 5.09. The number of alkyl halides is 3. The highest BCUT2D eigenvalue weighted by atomic mass is 35.5. The zero-order valence-corrected chi connectivity index (χ0v) is 14.9. The third-order valence-electron chi connectivity index (χ3n) is 3.41. The standard InChI is InChI=1S/C16H11Cl2F3N2O3/c1-8-11(16(19,20)21)7-22-23(14(8)24)10-3-4-12(17)9(5-10)6-13(18)15(25)26-2/h3-7H,1-2H3. The van der Waals surface area contributed by atoms with E-state index in [0.29, 0.717) is 6.20 Å². The molecule has 0 aliphatic carbocycles. The smallest absolute Gasteiger partial charge is 0.418 e. The molecule has 5 nitrogen and oxygen atoms in total. The van der Waals surface area contributed by atoms with Gasteiger partial charge in [0.1, 0.15) is 5.03 Å². The molecule has 0 aliphatic heterocycles. The van der Waals surface area contributed by atoms with E-state index in [1.165, 1.54) is 24.3 Å². The molecule has 1 aromatic heterocycles. The van der Waals surface area contributed by atoms with Gasteiger partial charge in [-0.1, -0.05) is 23.2 Å². The number of rotatable bonds is 3. The summed E-state index contributed by atoms with van der Waals surface area (Å²) in [5.74, 6) is -0.797. The molecule has 0 amide bonds. The molecule has 0 saturated heterocycles. The summed E-state index contributed by atoms with van der Waals surface area (Å²) in [7, 11) is 1.14. The fourth-order valence-corrected chi connectivity index (χ4v) is 2.44. The van der Waals surface area contributed by atoms with Gasteiger partial charge in [-0.15, -0.1) is 0 Å². The Morgan fingerprint density at radius 3 is 2.58 bits per heavy atom. The summed E-state index contributed by atoms with van der Waals surface area (Å²) in [6, 6.07) is 4.15. The molecule has 0 aliphatic rings. The van der Waals surface area contributed by atoms with Crippen molar-refractivity contribution in [1.29, 1.82) is 0 Å². The van der Waals surface area contributed by atoms with E-state index in [9.17, 15) is 22.8 Å². The molecule has 2 rings (SSSR count). The first-order valence-corrected chi connectivity index (χ1v) is 7.73. The summed E-state index contributed by atoms with van der Waals surface area (Å²) in [6.07, 6.45) is -2.90. The minimum absolute atomic E-state index is 0.150. The number of hydrogen-bond acceptors (Lipinski definition) is 4. The molecule has 0 saturated carbocycles. The fraction of sp³-hybridized carbons (Fsp3) is 0.188. The van der Waals surface area contributed by atoms with Crippen molar-refractivity contribution < 1.29 is 22.7 Å². The Morgan fingerprint density at radius 2 is 2.00 bits per heavy atom. The molecule has 0 fully saturated rings. The van der Waals surface area contributed by atoms with Crippen molar-refractivity contribution in [3.8, 4) is 5.69 Å². The number of benzene rings is 1. The van der Waals surface area contributed by atoms with Crippen LogP contribution in [0.15, 0.2) is 34.2 Å². The van der Waals surface area contributed by atoms with E-state index >= 15 is 0 Å². The average Bonchev–Trinajstić information content (AvgIpc) is 2.57. The fourth-order valence-electron chi connectivity index (χ4n) is 2.07. The van der Waals surface area contributed by atoms with Crippen molar-refractivity contribution >= 4 is 35.2 Å². The van der Waals surface area contributed by atoms with Crippen LogP contribution in [0.1, 0.15) is 16.7 Å². The predicted octanol–water partition coefficient (Wildman–Crippen LogP) is 3.97. The van der Waals surface area contributed by atoms with Gasteiger partial charge in [-0.3, -0.25) is 4.79 Å². The second-order valence-corrected chi connectivity index (χ2v) is 5.90. The molecule has 0 atom stereocenters. The molecule has 0 unspecified atom stereocenters. The number of nitrogens with zero attached hydrogens (tertiary/aromatic N) is 2. The first-order valence-electron chi connectivity index (χ1n) is 6.98. The predicted molar refractivity (Wildman–Crippen MR) is 90.4 cm³/mol. The molecular weight excluding hydrogens is 396 g/mol. The number of carbonyl (C=O) groups excluding carboxylic acids is 1. The van der Waals surface area contributed by atoms with Crippen LogP contribution in [0.5, 0.6) is 0 Å². The van der Waals surface area contributed by atoms with Gasteiger partial charge < -0.3 is 4.74 Å². The van der Waals surface area contributed by atoms with E-state index in [0.717, 1.165) is 18.7 Å². The molecule has 0 bridgehead atoms. The summed E-state index contributed by atoms with van der Waals surface area (Å²) < 4.78 is 43.8. The maximum absolute atomic E-state index is 12.9. The van der Waals surface area contributed by atoms with E-state index in [1.807, 2.05) is 0 Å². The molecule has 1 aromatic carbocycles. The minimum atomic E-state index is -4.68. The van der Waals surface area contributed by atoms with Crippen molar-refractivity contribution in [3.63, 3.8) is 0 Å². The van der Waals surface area contributed by atoms with Gasteiger partial charge in [-0.2, -0.15) is 23.0 Å². The summed E-state index contributed by atoms with van der Waals surface area (Å²) >= 11 is 11.8. The molecule has 10 heteroatoms. The van der Waals surface area contributed by atoms with Crippen LogP contribution in [0.2, 0.25) is 5.02 Å². The van der Waals surface area contributed by atoms with Crippen molar-refractivity contribution in [2.75, 3.05) is 7.11 Å². The highest BCUT2D eigenvalue weighted by molar-refractivity contribution is 6.43. The Hall–Kier alpha value is -2.32. The highest BCUT2D eigenvalue weighted by Gasteiger charge is 2.34. The van der Waals surface area contributed by atoms with Crippen LogP contribution < -0.4 is 5.56 Å². The lowest BCUT2D eigenvalue weighted by Crippen LogP contribution is -2.27. The number of halogens is 5. The topological polar surface area (TPSA) is 61.2 Å². The SMILES string of the molecule is COC(=O)C(Cl)=Cc1cc(-n2ncc(C(F)(F)F)c(C)c2=O)ccc1Cl. The molecule has 0 radical (unpaired) electrons. The van der Waals surface area contributed by atoms with Crippen LogP contribution in [0.4, 0.5) is 13.2 Å². The van der Waals surface area contributed by atoms with Crippen molar-refractivity contribution in [2.45, 2.75) is 13.1 Å². The second kappa shape index (κ2) is 7.51. The summed E-state index contributed by atoms with van der Waals surface area (Å²) in [5.41, 5.74) is -2.13. The number of aromatic nitrogens is 2. The van der Waals surface area contributed by atoms with Crippen LogP contribution in [0, 0.1) is 6.92 Å². The third kappa shape index (κ3) is 4.08. The van der Waals surface area contributed by atoms with Crippen molar-refractivity contribution in [1.82, 2.24) is 9.78 Å². The van der Waals surface area contributed by atoms with E-state index in [1.54, 1.807) is 0 Å². The normalized spacial score (nSPS) is 12.2. The maximum atomic E-state index is 12.9. The number of esters is 1. The van der Waals surface area contributed by atoms with Crippen LogP contribution in [0.25, 0.3) is 11.8 Å². The lowest BCUT2D eigenvalue weighted by molar-refractivity contribution is -0.138. The van der Waals surface area contributed by atoms with Gasteiger partial charge in [0.25, 0.3) is 5.56 Å². The van der Waals surface area contributed by atoms with Gasteiger partial charge >= 0.3 is 12.1 Å². The Bertz CT molecular complexity index is 953. The zero-order chi connectivity index (χ0) is 19.6. The summed E-state index contributed by atoms with van der Waals surface area (Å²) in [4.78, 5) is 23.6. The van der Waals surface area contributed by atoms with Crippen molar-refractivity contribution in [3.05, 3.63) is 61.5 Å². The lowest BCUT2D eigenvalue weighted by atomic mass is 10.1. The van der Waals surface area contributed by atoms with Gasteiger partial charge in [0, 0.05) is 10.6 Å². The Kier molecular flexibility index (Phi) is 5.77. The quantitative estimate of drug-likeness (QED) is 0.571. The van der Waals surface area contributed by atoms with E-state index < -0.39 is 28.8 Å². The molecular formula is C16H11Cl2F3N2O3. The lowest BCUT2D eigenvalue weighted by Gasteiger charge is -2.12. The van der Waals surface area contributed by atoms with Gasteiger partial charge in [0.15, 0.2) is 0 Å². The first-order chi connectivity index (χ1) is 12.1. The average molecular weight is 407 g/mol. The highest BCUT2D eigenvalue weighted by Crippen LogP contribution is 2.30. The van der Waals surface area contributed by atoms with Crippen LogP contribution in [-0.2, 0) is 15.7 Å². The zero-order valence-electron chi connectivity index (χ0n) is 13.4. The number of ether oxygens (including phenoxy) is 1. The van der Waals surface area contributed by atoms with E-state index in [4.69, 9.17) is 23.2 Å². The largest absolute Gasteiger partial charge is 0.465 e. The monoisotopic (exact) mass is 406 g/mol. The molecule has 0 spiro atoms.